The number of nitrogens with one attached hydrogen (secondary N) is 2. The van der Waals surface area contributed by atoms with E-state index in [4.69, 9.17) is 4.74 Å². The number of benzene rings is 1. The van der Waals surface area contributed by atoms with E-state index in [0.717, 1.165) is 42.7 Å². The van der Waals surface area contributed by atoms with Crippen LogP contribution < -0.4 is 25.2 Å². The van der Waals surface area contributed by atoms with Gasteiger partial charge in [0.05, 0.1) is 30.4 Å². The van der Waals surface area contributed by atoms with Crippen molar-refractivity contribution in [1.82, 2.24) is 10.3 Å². The van der Waals surface area contributed by atoms with Crippen molar-refractivity contribution in [3.05, 3.63) is 36.0 Å². The minimum atomic E-state index is -0.209. The van der Waals surface area contributed by atoms with Crippen molar-refractivity contribution in [3.8, 4) is 5.75 Å². The minimum absolute atomic E-state index is 0.0804. The second-order valence-corrected chi connectivity index (χ2v) is 9.26. The molecule has 2 aromatic rings. The lowest BCUT2D eigenvalue weighted by molar-refractivity contribution is -0.119. The molecule has 1 aliphatic heterocycles. The van der Waals surface area contributed by atoms with Gasteiger partial charge in [0.15, 0.2) is 0 Å². The van der Waals surface area contributed by atoms with Gasteiger partial charge in [-0.2, -0.15) is 0 Å². The number of aromatic nitrogens is 1. The Morgan fingerprint density at radius 3 is 2.58 bits per heavy atom. The molecule has 2 amide bonds. The number of likely N-dealkylation sites (N-methyl/N-ethyl adjacent to an activating group) is 1. The van der Waals surface area contributed by atoms with E-state index in [-0.39, 0.29) is 17.9 Å². The Balaban J connectivity index is 1.44. The highest BCUT2D eigenvalue weighted by Crippen LogP contribution is 2.41. The van der Waals surface area contributed by atoms with Gasteiger partial charge in [0, 0.05) is 30.8 Å². The third kappa shape index (κ3) is 4.10. The van der Waals surface area contributed by atoms with Gasteiger partial charge in [0.2, 0.25) is 5.91 Å². The van der Waals surface area contributed by atoms with E-state index in [9.17, 15) is 9.59 Å². The zero-order valence-corrected chi connectivity index (χ0v) is 19.4. The van der Waals surface area contributed by atoms with Gasteiger partial charge in [-0.15, -0.1) is 0 Å². The first-order valence-corrected chi connectivity index (χ1v) is 11.8. The maximum absolute atomic E-state index is 12.9. The maximum Gasteiger partial charge on any atom is 0.251 e. The Morgan fingerprint density at radius 2 is 1.88 bits per heavy atom. The smallest absolute Gasteiger partial charge is 0.251 e. The summed E-state index contributed by atoms with van der Waals surface area (Å²) in [7, 11) is 3.40. The summed E-state index contributed by atoms with van der Waals surface area (Å²) in [5.41, 5.74) is 3.15. The normalized spacial score (nSPS) is 20.6. The van der Waals surface area contributed by atoms with Gasteiger partial charge in [0.1, 0.15) is 17.6 Å². The highest BCUT2D eigenvalue weighted by molar-refractivity contribution is 6.05. The summed E-state index contributed by atoms with van der Waals surface area (Å²) in [4.78, 5) is 33.8. The summed E-state index contributed by atoms with van der Waals surface area (Å²) in [6.45, 7) is 1.99. The molecule has 0 saturated heterocycles. The van der Waals surface area contributed by atoms with Crippen LogP contribution in [-0.2, 0) is 4.79 Å². The number of amides is 2. The van der Waals surface area contributed by atoms with E-state index in [1.165, 1.54) is 12.8 Å². The molecule has 3 aliphatic rings. The Morgan fingerprint density at radius 1 is 1.12 bits per heavy atom. The summed E-state index contributed by atoms with van der Waals surface area (Å²) in [6, 6.07) is 7.86. The molecule has 1 aromatic heterocycles. The Labute approximate surface area is 194 Å². The van der Waals surface area contributed by atoms with E-state index < -0.39 is 0 Å². The molecule has 8 nitrogen and oxygen atoms in total. The number of anilines is 4. The molecular formula is C25H31N5O3. The largest absolute Gasteiger partial charge is 0.495 e. The highest BCUT2D eigenvalue weighted by atomic mass is 16.5. The molecule has 2 saturated carbocycles. The van der Waals surface area contributed by atoms with Gasteiger partial charge in [-0.05, 0) is 50.8 Å². The molecule has 1 aromatic carbocycles. The standard InChI is InChI=1S/C25H31N5O3/c1-15-25(32)29(2)21-14-26-23(13-20(21)30(15)18-6-4-5-7-18)28-19-11-8-16(12-22(19)33-3)24(31)27-17-9-10-17/h8,11-15,17-18H,4-7,9-10H2,1-3H3,(H,26,28)(H,27,31). The van der Waals surface area contributed by atoms with Gasteiger partial charge in [-0.3, -0.25) is 9.59 Å². The number of fused-ring (bicyclic) bond motifs is 1. The zero-order valence-electron chi connectivity index (χ0n) is 19.4. The molecule has 0 bridgehead atoms. The predicted molar refractivity (Wildman–Crippen MR) is 129 cm³/mol. The van der Waals surface area contributed by atoms with Crippen LogP contribution in [-0.4, -0.2) is 49.1 Å². The van der Waals surface area contributed by atoms with Crippen LogP contribution in [0.15, 0.2) is 30.5 Å². The fourth-order valence-electron chi connectivity index (χ4n) is 4.96. The van der Waals surface area contributed by atoms with E-state index in [1.807, 2.05) is 26.1 Å². The third-order valence-electron chi connectivity index (χ3n) is 6.96. The number of hydrogen-bond acceptors (Lipinski definition) is 6. The average molecular weight is 450 g/mol. The number of rotatable bonds is 6. The first-order valence-electron chi connectivity index (χ1n) is 11.8. The molecule has 8 heteroatoms. The highest BCUT2D eigenvalue weighted by Gasteiger charge is 2.38. The number of hydrogen-bond donors (Lipinski definition) is 2. The molecule has 2 N–H and O–H groups in total. The molecule has 0 spiro atoms. The van der Waals surface area contributed by atoms with Gasteiger partial charge < -0.3 is 25.2 Å². The van der Waals surface area contributed by atoms with Gasteiger partial charge in [0.25, 0.3) is 5.91 Å². The van der Waals surface area contributed by atoms with E-state index in [0.29, 0.717) is 29.2 Å². The molecule has 2 heterocycles. The summed E-state index contributed by atoms with van der Waals surface area (Å²) in [6.07, 6.45) is 8.44. The van der Waals surface area contributed by atoms with Crippen LogP contribution in [0.2, 0.25) is 0 Å². The van der Waals surface area contributed by atoms with E-state index >= 15 is 0 Å². The first-order chi connectivity index (χ1) is 16.0. The molecule has 5 rings (SSSR count). The molecule has 0 radical (unpaired) electrons. The fourth-order valence-corrected chi connectivity index (χ4v) is 4.96. The first kappa shape index (κ1) is 21.6. The zero-order chi connectivity index (χ0) is 23.1. The predicted octanol–water partition coefficient (Wildman–Crippen LogP) is 3.84. The maximum atomic E-state index is 12.9. The number of ether oxygens (including phenoxy) is 1. The van der Waals surface area contributed by atoms with Gasteiger partial charge >= 0.3 is 0 Å². The number of nitrogens with zero attached hydrogens (tertiary/aromatic N) is 3. The molecule has 2 aliphatic carbocycles. The topological polar surface area (TPSA) is 86.8 Å². The van der Waals surface area contributed by atoms with Crippen LogP contribution in [0.3, 0.4) is 0 Å². The lowest BCUT2D eigenvalue weighted by Gasteiger charge is -2.43. The molecule has 174 valence electrons. The Hall–Kier alpha value is -3.29. The second kappa shape index (κ2) is 8.57. The second-order valence-electron chi connectivity index (χ2n) is 9.26. The third-order valence-corrected chi connectivity index (χ3v) is 6.96. The number of methoxy groups -OCH3 is 1. The molecule has 2 fully saturated rings. The lowest BCUT2D eigenvalue weighted by Crippen LogP contribution is -2.54. The van der Waals surface area contributed by atoms with Crippen molar-refractivity contribution < 1.29 is 14.3 Å². The Bertz CT molecular complexity index is 1080. The van der Waals surface area contributed by atoms with Crippen LogP contribution in [0.25, 0.3) is 0 Å². The molecule has 33 heavy (non-hydrogen) atoms. The average Bonchev–Trinajstić information content (AvgIpc) is 3.47. The van der Waals surface area contributed by atoms with Crippen LogP contribution in [0.1, 0.15) is 55.8 Å². The lowest BCUT2D eigenvalue weighted by atomic mass is 10.0. The van der Waals surface area contributed by atoms with Crippen LogP contribution in [0.4, 0.5) is 22.9 Å². The van der Waals surface area contributed by atoms with Crippen molar-refractivity contribution >= 4 is 34.7 Å². The van der Waals surface area contributed by atoms with Crippen LogP contribution >= 0.6 is 0 Å². The number of carbonyl (C=O) groups excluding carboxylic acids is 2. The Kier molecular flexibility index (Phi) is 5.60. The van der Waals surface area contributed by atoms with E-state index in [2.05, 4.69) is 20.5 Å². The molecule has 1 atom stereocenters. The van der Waals surface area contributed by atoms with Gasteiger partial charge in [-0.25, -0.2) is 4.98 Å². The minimum Gasteiger partial charge on any atom is -0.495 e. The summed E-state index contributed by atoms with van der Waals surface area (Å²) in [5.74, 6) is 1.26. The number of pyridine rings is 1. The summed E-state index contributed by atoms with van der Waals surface area (Å²) in [5, 5.41) is 6.35. The SMILES string of the molecule is COc1cc(C(=O)NC2CC2)ccc1Nc1cc2c(cn1)N(C)C(=O)C(C)N2C1CCCC1. The van der Waals surface area contributed by atoms with Crippen molar-refractivity contribution in [2.24, 2.45) is 0 Å². The summed E-state index contributed by atoms with van der Waals surface area (Å²) < 4.78 is 5.56. The molecule has 1 unspecified atom stereocenters. The number of carbonyl (C=O) groups is 2. The van der Waals surface area contributed by atoms with Crippen molar-refractivity contribution in [1.29, 1.82) is 0 Å². The van der Waals surface area contributed by atoms with Gasteiger partial charge in [-0.1, -0.05) is 12.8 Å². The van der Waals surface area contributed by atoms with Crippen molar-refractivity contribution in [3.63, 3.8) is 0 Å². The fraction of sp³-hybridized carbons (Fsp3) is 0.480. The van der Waals surface area contributed by atoms with Crippen LogP contribution in [0, 0.1) is 0 Å². The van der Waals surface area contributed by atoms with E-state index in [1.54, 1.807) is 30.3 Å². The van der Waals surface area contributed by atoms with Crippen LogP contribution in [0.5, 0.6) is 5.75 Å². The van der Waals surface area contributed by atoms with Crippen molar-refractivity contribution in [2.75, 3.05) is 29.3 Å². The quantitative estimate of drug-likeness (QED) is 0.697. The van der Waals surface area contributed by atoms with Crippen molar-refractivity contribution in [2.45, 2.75) is 63.6 Å². The summed E-state index contributed by atoms with van der Waals surface area (Å²) >= 11 is 0. The monoisotopic (exact) mass is 449 g/mol. The molecular weight excluding hydrogens is 418 g/mol.